The molecule has 0 atom stereocenters. The van der Waals surface area contributed by atoms with Crippen LogP contribution in [0.3, 0.4) is 0 Å². The molecule has 2 N–H and O–H groups in total. The van der Waals surface area contributed by atoms with Crippen molar-refractivity contribution in [2.45, 2.75) is 26.3 Å². The lowest BCUT2D eigenvalue weighted by atomic mass is 10.1. The van der Waals surface area contributed by atoms with E-state index in [9.17, 15) is 9.59 Å². The number of carbonyl (C=O) groups is 2. The summed E-state index contributed by atoms with van der Waals surface area (Å²) in [6.07, 6.45) is 0.907. The first-order valence-electron chi connectivity index (χ1n) is 10.4. The maximum atomic E-state index is 12.3. The average molecular weight is 421 g/mol. The molecule has 0 spiro atoms. The van der Waals surface area contributed by atoms with E-state index in [0.717, 1.165) is 22.1 Å². The molecule has 3 aromatic rings. The van der Waals surface area contributed by atoms with Crippen molar-refractivity contribution < 1.29 is 19.1 Å². The van der Waals surface area contributed by atoms with Gasteiger partial charge >= 0.3 is 0 Å². The number of fused-ring (bicyclic) bond motifs is 1. The van der Waals surface area contributed by atoms with E-state index < -0.39 is 0 Å². The first-order chi connectivity index (χ1) is 15.1. The topological polar surface area (TPSA) is 76.7 Å². The van der Waals surface area contributed by atoms with E-state index in [1.54, 1.807) is 25.3 Å². The van der Waals surface area contributed by atoms with E-state index in [1.165, 1.54) is 0 Å². The summed E-state index contributed by atoms with van der Waals surface area (Å²) < 4.78 is 10.7. The van der Waals surface area contributed by atoms with Crippen LogP contribution >= 0.6 is 0 Å². The van der Waals surface area contributed by atoms with Crippen molar-refractivity contribution in [1.82, 2.24) is 10.6 Å². The molecule has 0 saturated heterocycles. The molecule has 0 aromatic heterocycles. The molecule has 6 nitrogen and oxygen atoms in total. The summed E-state index contributed by atoms with van der Waals surface area (Å²) in [4.78, 5) is 24.5. The minimum atomic E-state index is -0.197. The zero-order valence-corrected chi connectivity index (χ0v) is 17.9. The summed E-state index contributed by atoms with van der Waals surface area (Å²) in [7, 11) is 1.65. The van der Waals surface area contributed by atoms with Crippen molar-refractivity contribution in [1.29, 1.82) is 0 Å². The summed E-state index contributed by atoms with van der Waals surface area (Å²) >= 11 is 0. The Morgan fingerprint density at radius 3 is 2.52 bits per heavy atom. The molecule has 3 rings (SSSR count). The zero-order valence-electron chi connectivity index (χ0n) is 17.9. The van der Waals surface area contributed by atoms with Crippen molar-refractivity contribution in [2.24, 2.45) is 0 Å². The van der Waals surface area contributed by atoms with Gasteiger partial charge < -0.3 is 20.1 Å². The number of methoxy groups -OCH3 is 1. The van der Waals surface area contributed by atoms with Crippen LogP contribution in [-0.2, 0) is 11.3 Å². The van der Waals surface area contributed by atoms with Crippen LogP contribution in [0.25, 0.3) is 10.8 Å². The Bertz CT molecular complexity index is 1050. The first kappa shape index (κ1) is 22.2. The lowest BCUT2D eigenvalue weighted by Crippen LogP contribution is -2.27. The molecule has 0 heterocycles. The summed E-state index contributed by atoms with van der Waals surface area (Å²) in [6.45, 7) is 3.26. The van der Waals surface area contributed by atoms with E-state index in [2.05, 4.69) is 16.7 Å². The normalized spacial score (nSPS) is 10.5. The lowest BCUT2D eigenvalue weighted by molar-refractivity contribution is -0.121. The number of ether oxygens (including phenoxy) is 2. The fourth-order valence-electron chi connectivity index (χ4n) is 3.28. The van der Waals surface area contributed by atoms with E-state index in [4.69, 9.17) is 9.47 Å². The van der Waals surface area contributed by atoms with Gasteiger partial charge in [-0.1, -0.05) is 30.3 Å². The minimum Gasteiger partial charge on any atom is -0.497 e. The van der Waals surface area contributed by atoms with Crippen molar-refractivity contribution in [3.05, 3.63) is 71.8 Å². The monoisotopic (exact) mass is 420 g/mol. The van der Waals surface area contributed by atoms with Gasteiger partial charge in [0.05, 0.1) is 19.3 Å². The van der Waals surface area contributed by atoms with Gasteiger partial charge in [-0.2, -0.15) is 0 Å². The van der Waals surface area contributed by atoms with Crippen LogP contribution in [0.4, 0.5) is 0 Å². The predicted molar refractivity (Wildman–Crippen MR) is 122 cm³/mol. The molecule has 0 radical (unpaired) electrons. The van der Waals surface area contributed by atoms with Crippen molar-refractivity contribution >= 4 is 22.6 Å². The molecule has 6 heteroatoms. The highest BCUT2D eigenvalue weighted by atomic mass is 16.5. The fraction of sp³-hybridized carbons (Fsp3) is 0.280. The molecule has 0 aliphatic rings. The van der Waals surface area contributed by atoms with Crippen LogP contribution in [0.1, 0.15) is 35.7 Å². The molecule has 3 aromatic carbocycles. The predicted octanol–water partition coefficient (Wildman–Crippen LogP) is 4.07. The van der Waals surface area contributed by atoms with Gasteiger partial charge in [-0.3, -0.25) is 9.59 Å². The maximum absolute atomic E-state index is 12.3. The quantitative estimate of drug-likeness (QED) is 0.485. The number of amides is 2. The average Bonchev–Trinajstić information content (AvgIpc) is 2.80. The molecular formula is C25H28N2O4. The number of carbonyl (C=O) groups excluding carboxylic acids is 2. The van der Waals surface area contributed by atoms with Crippen LogP contribution in [0.2, 0.25) is 0 Å². The fourth-order valence-corrected chi connectivity index (χ4v) is 3.28. The van der Waals surface area contributed by atoms with Gasteiger partial charge in [0.15, 0.2) is 0 Å². The summed E-state index contributed by atoms with van der Waals surface area (Å²) in [5.41, 5.74) is 1.54. The van der Waals surface area contributed by atoms with Gasteiger partial charge in [-0.15, -0.1) is 0 Å². The largest absolute Gasteiger partial charge is 0.497 e. The number of nitrogens with one attached hydrogen (secondary N) is 2. The van der Waals surface area contributed by atoms with Crippen molar-refractivity contribution in [3.8, 4) is 11.5 Å². The Balaban J connectivity index is 1.41. The Morgan fingerprint density at radius 1 is 0.935 bits per heavy atom. The second-order valence-electron chi connectivity index (χ2n) is 7.11. The third-order valence-electron chi connectivity index (χ3n) is 4.90. The lowest BCUT2D eigenvalue weighted by Gasteiger charge is -2.10. The molecule has 31 heavy (non-hydrogen) atoms. The van der Waals surface area contributed by atoms with Gasteiger partial charge in [0, 0.05) is 19.5 Å². The van der Waals surface area contributed by atoms with E-state index in [0.29, 0.717) is 43.9 Å². The van der Waals surface area contributed by atoms with Gasteiger partial charge in [0.2, 0.25) is 5.91 Å². The number of benzene rings is 3. The van der Waals surface area contributed by atoms with Crippen LogP contribution in [0, 0.1) is 0 Å². The third kappa shape index (κ3) is 6.22. The highest BCUT2D eigenvalue weighted by Crippen LogP contribution is 2.22. The SMILES string of the molecule is CCOc1ccccc1C(=O)NCCCC(=O)NCc1ccc2cc(OC)ccc2c1. The van der Waals surface area contributed by atoms with Gasteiger partial charge in [0.1, 0.15) is 11.5 Å². The van der Waals surface area contributed by atoms with Crippen molar-refractivity contribution in [3.63, 3.8) is 0 Å². The first-order valence-corrected chi connectivity index (χ1v) is 10.4. The van der Waals surface area contributed by atoms with Crippen LogP contribution < -0.4 is 20.1 Å². The van der Waals surface area contributed by atoms with Gasteiger partial charge in [0.25, 0.3) is 5.91 Å². The van der Waals surface area contributed by atoms with E-state index in [-0.39, 0.29) is 11.8 Å². The molecule has 0 fully saturated rings. The molecule has 2 amide bonds. The zero-order chi connectivity index (χ0) is 22.1. The highest BCUT2D eigenvalue weighted by Gasteiger charge is 2.11. The standard InChI is InChI=1S/C25H28N2O4/c1-3-31-23-8-5-4-7-22(23)25(29)26-14-6-9-24(28)27-17-18-10-11-20-16-21(30-2)13-12-19(20)15-18/h4-5,7-8,10-13,15-16H,3,6,9,14,17H2,1-2H3,(H,26,29)(H,27,28). The molecule has 0 bridgehead atoms. The second-order valence-corrected chi connectivity index (χ2v) is 7.11. The number of rotatable bonds is 10. The Morgan fingerprint density at radius 2 is 1.71 bits per heavy atom. The summed E-state index contributed by atoms with van der Waals surface area (Å²) in [5, 5.41) is 7.98. The number of para-hydroxylation sites is 1. The molecule has 0 saturated carbocycles. The second kappa shape index (κ2) is 11.0. The summed E-state index contributed by atoms with van der Waals surface area (Å²) in [5.74, 6) is 1.15. The van der Waals surface area contributed by atoms with Crippen LogP contribution in [0.5, 0.6) is 11.5 Å². The Hall–Kier alpha value is -3.54. The highest BCUT2D eigenvalue weighted by molar-refractivity contribution is 5.96. The molecule has 0 aliphatic carbocycles. The third-order valence-corrected chi connectivity index (χ3v) is 4.90. The summed E-state index contributed by atoms with van der Waals surface area (Å²) in [6, 6.07) is 19.1. The van der Waals surface area contributed by atoms with Crippen LogP contribution in [-0.4, -0.2) is 32.1 Å². The molecule has 162 valence electrons. The minimum absolute atomic E-state index is 0.0428. The van der Waals surface area contributed by atoms with Gasteiger partial charge in [-0.05, 0) is 60.0 Å². The van der Waals surface area contributed by atoms with Crippen molar-refractivity contribution in [2.75, 3.05) is 20.3 Å². The van der Waals surface area contributed by atoms with E-state index >= 15 is 0 Å². The van der Waals surface area contributed by atoms with Crippen LogP contribution in [0.15, 0.2) is 60.7 Å². The Labute approximate surface area is 182 Å². The Kier molecular flexibility index (Phi) is 7.87. The molecule has 0 unspecified atom stereocenters. The van der Waals surface area contributed by atoms with Gasteiger partial charge in [-0.25, -0.2) is 0 Å². The molecular weight excluding hydrogens is 392 g/mol. The smallest absolute Gasteiger partial charge is 0.255 e. The number of hydrogen-bond donors (Lipinski definition) is 2. The number of hydrogen-bond acceptors (Lipinski definition) is 4. The maximum Gasteiger partial charge on any atom is 0.255 e. The molecule has 0 aliphatic heterocycles. The van der Waals surface area contributed by atoms with E-state index in [1.807, 2.05) is 43.3 Å².